The van der Waals surface area contributed by atoms with E-state index >= 15 is 0 Å². The van der Waals surface area contributed by atoms with Gasteiger partial charge >= 0.3 is 0 Å². The largest absolute Gasteiger partial charge is 0.289 e. The molecule has 1 aromatic heterocycles. The minimum absolute atomic E-state index is 0.406. The summed E-state index contributed by atoms with van der Waals surface area (Å²) in [5.41, 5.74) is 3.57. The van der Waals surface area contributed by atoms with Crippen LogP contribution in [-0.2, 0) is 0 Å². The second-order valence-electron chi connectivity index (χ2n) is 5.91. The Morgan fingerprint density at radius 1 is 1.32 bits per heavy atom. The van der Waals surface area contributed by atoms with E-state index in [9.17, 15) is 0 Å². The number of hydrogen-bond acceptors (Lipinski definition) is 2. The lowest BCUT2D eigenvalue weighted by atomic mass is 9.95. The molecule has 0 fully saturated rings. The first kappa shape index (κ1) is 12.4. The van der Waals surface area contributed by atoms with Gasteiger partial charge in [-0.25, -0.2) is 0 Å². The van der Waals surface area contributed by atoms with E-state index in [0.717, 1.165) is 24.4 Å². The summed E-state index contributed by atoms with van der Waals surface area (Å²) in [5, 5.41) is 5.85. The number of rotatable bonds is 2. The van der Waals surface area contributed by atoms with Crippen LogP contribution in [-0.4, -0.2) is 22.0 Å². The van der Waals surface area contributed by atoms with Crippen molar-refractivity contribution in [3.05, 3.63) is 30.0 Å². The first-order valence-electron chi connectivity index (χ1n) is 7.16. The van der Waals surface area contributed by atoms with E-state index in [4.69, 9.17) is 4.99 Å². The van der Waals surface area contributed by atoms with Gasteiger partial charge in [-0.2, -0.15) is 5.10 Å². The molecule has 0 unspecified atom stereocenters. The second kappa shape index (κ2) is 4.80. The van der Waals surface area contributed by atoms with Gasteiger partial charge in [0.1, 0.15) is 0 Å². The highest BCUT2D eigenvalue weighted by molar-refractivity contribution is 6.03. The van der Waals surface area contributed by atoms with Crippen LogP contribution in [0.25, 0.3) is 10.9 Å². The maximum atomic E-state index is 4.71. The zero-order valence-corrected chi connectivity index (χ0v) is 11.9. The fourth-order valence-electron chi connectivity index (χ4n) is 2.53. The van der Waals surface area contributed by atoms with E-state index in [2.05, 4.69) is 50.3 Å². The molecule has 0 amide bonds. The molecule has 0 aliphatic carbocycles. The van der Waals surface area contributed by atoms with Crippen molar-refractivity contribution in [3.8, 4) is 0 Å². The van der Waals surface area contributed by atoms with Crippen molar-refractivity contribution in [1.29, 1.82) is 0 Å². The SMILES string of the molecule is CC(C)n1cc2ccc(C3=NC[C@H](C)CC3)cc2n1. The maximum absolute atomic E-state index is 4.71. The molecule has 19 heavy (non-hydrogen) atoms. The third-order valence-corrected chi connectivity index (χ3v) is 3.86. The summed E-state index contributed by atoms with van der Waals surface area (Å²) in [4.78, 5) is 4.71. The number of fused-ring (bicyclic) bond motifs is 1. The molecule has 0 radical (unpaired) electrons. The minimum atomic E-state index is 0.406. The normalized spacial score (nSPS) is 20.0. The van der Waals surface area contributed by atoms with Crippen LogP contribution in [0.1, 0.15) is 45.2 Å². The highest BCUT2D eigenvalue weighted by Crippen LogP contribution is 2.21. The van der Waals surface area contributed by atoms with E-state index in [1.54, 1.807) is 0 Å². The van der Waals surface area contributed by atoms with Gasteiger partial charge in [0.2, 0.25) is 0 Å². The zero-order valence-electron chi connectivity index (χ0n) is 11.9. The van der Waals surface area contributed by atoms with E-state index in [1.165, 1.54) is 23.1 Å². The van der Waals surface area contributed by atoms with Gasteiger partial charge in [-0.3, -0.25) is 9.67 Å². The molecular weight excluding hydrogens is 234 g/mol. The standard InChI is InChI=1S/C16H21N3/c1-11(2)19-10-14-6-5-13(8-16(14)18-19)15-7-4-12(3)9-17-15/h5-6,8,10-12H,4,7,9H2,1-3H3/t12-/m1/s1. The van der Waals surface area contributed by atoms with Crippen molar-refractivity contribution < 1.29 is 0 Å². The van der Waals surface area contributed by atoms with Crippen molar-refractivity contribution in [2.24, 2.45) is 10.9 Å². The number of nitrogens with zero attached hydrogens (tertiary/aromatic N) is 3. The molecule has 1 atom stereocenters. The fourth-order valence-corrected chi connectivity index (χ4v) is 2.53. The molecule has 2 aromatic rings. The molecule has 1 aliphatic rings. The van der Waals surface area contributed by atoms with Gasteiger partial charge < -0.3 is 0 Å². The van der Waals surface area contributed by atoms with Crippen LogP contribution >= 0.6 is 0 Å². The Kier molecular flexibility index (Phi) is 3.13. The molecule has 0 N–H and O–H groups in total. The van der Waals surface area contributed by atoms with Crippen LogP contribution in [0.3, 0.4) is 0 Å². The Hall–Kier alpha value is -1.64. The van der Waals surface area contributed by atoms with E-state index < -0.39 is 0 Å². The van der Waals surface area contributed by atoms with Crippen molar-refractivity contribution >= 4 is 16.6 Å². The van der Waals surface area contributed by atoms with Gasteiger partial charge in [0.25, 0.3) is 0 Å². The van der Waals surface area contributed by atoms with Gasteiger partial charge in [-0.15, -0.1) is 0 Å². The van der Waals surface area contributed by atoms with E-state index in [0.29, 0.717) is 6.04 Å². The molecule has 0 bridgehead atoms. The average Bonchev–Trinajstić information content (AvgIpc) is 2.82. The van der Waals surface area contributed by atoms with Crippen LogP contribution in [0, 0.1) is 5.92 Å². The number of aliphatic imine (C=N–C) groups is 1. The topological polar surface area (TPSA) is 30.2 Å². The minimum Gasteiger partial charge on any atom is -0.289 e. The second-order valence-corrected chi connectivity index (χ2v) is 5.91. The van der Waals surface area contributed by atoms with Crippen molar-refractivity contribution in [3.63, 3.8) is 0 Å². The molecule has 100 valence electrons. The summed E-state index contributed by atoms with van der Waals surface area (Å²) < 4.78 is 2.03. The van der Waals surface area contributed by atoms with Crippen molar-refractivity contribution in [1.82, 2.24) is 9.78 Å². The smallest absolute Gasteiger partial charge is 0.0930 e. The molecule has 3 heteroatoms. The molecule has 0 saturated carbocycles. The number of benzene rings is 1. The van der Waals surface area contributed by atoms with Crippen molar-refractivity contribution in [2.75, 3.05) is 6.54 Å². The van der Waals surface area contributed by atoms with E-state index in [-0.39, 0.29) is 0 Å². The first-order valence-corrected chi connectivity index (χ1v) is 7.16. The molecule has 1 aromatic carbocycles. The summed E-state index contributed by atoms with van der Waals surface area (Å²) in [6.45, 7) is 7.54. The highest BCUT2D eigenvalue weighted by atomic mass is 15.3. The van der Waals surface area contributed by atoms with Crippen LogP contribution < -0.4 is 0 Å². The molecule has 2 heterocycles. The summed E-state index contributed by atoms with van der Waals surface area (Å²) >= 11 is 0. The first-order chi connectivity index (χ1) is 9.13. The van der Waals surface area contributed by atoms with Crippen LogP contribution in [0.4, 0.5) is 0 Å². The summed E-state index contributed by atoms with van der Waals surface area (Å²) in [5.74, 6) is 0.729. The van der Waals surface area contributed by atoms with Gasteiger partial charge in [0.15, 0.2) is 0 Å². The Morgan fingerprint density at radius 3 is 2.84 bits per heavy atom. The van der Waals surface area contributed by atoms with Gasteiger partial charge in [0.05, 0.1) is 5.52 Å². The number of aromatic nitrogens is 2. The predicted molar refractivity (Wildman–Crippen MR) is 79.9 cm³/mol. The van der Waals surface area contributed by atoms with Crippen LogP contribution in [0.15, 0.2) is 29.4 Å². The Labute approximate surface area is 114 Å². The Bertz CT molecular complexity index is 622. The molecular formula is C16H21N3. The number of hydrogen-bond donors (Lipinski definition) is 0. The molecule has 3 nitrogen and oxygen atoms in total. The molecule has 0 saturated heterocycles. The maximum Gasteiger partial charge on any atom is 0.0930 e. The van der Waals surface area contributed by atoms with Crippen LogP contribution in [0.2, 0.25) is 0 Å². The predicted octanol–water partition coefficient (Wildman–Crippen LogP) is 3.84. The third kappa shape index (κ3) is 2.42. The van der Waals surface area contributed by atoms with Crippen LogP contribution in [0.5, 0.6) is 0 Å². The fraction of sp³-hybridized carbons (Fsp3) is 0.500. The Morgan fingerprint density at radius 2 is 2.16 bits per heavy atom. The lowest BCUT2D eigenvalue weighted by Crippen LogP contribution is -2.14. The van der Waals surface area contributed by atoms with Gasteiger partial charge in [0, 0.05) is 29.9 Å². The van der Waals surface area contributed by atoms with E-state index in [1.807, 2.05) is 4.68 Å². The zero-order chi connectivity index (χ0) is 13.4. The molecule has 0 spiro atoms. The Balaban J connectivity index is 1.97. The third-order valence-electron chi connectivity index (χ3n) is 3.86. The molecule has 1 aliphatic heterocycles. The lowest BCUT2D eigenvalue weighted by molar-refractivity contribution is 0.537. The summed E-state index contributed by atoms with van der Waals surface area (Å²) in [7, 11) is 0. The lowest BCUT2D eigenvalue weighted by Gasteiger charge is -2.17. The highest BCUT2D eigenvalue weighted by Gasteiger charge is 2.14. The van der Waals surface area contributed by atoms with Crippen molar-refractivity contribution in [2.45, 2.75) is 39.7 Å². The average molecular weight is 255 g/mol. The summed E-state index contributed by atoms with van der Waals surface area (Å²) in [6.07, 6.45) is 4.46. The summed E-state index contributed by atoms with van der Waals surface area (Å²) in [6, 6.07) is 6.94. The molecule has 3 rings (SSSR count). The van der Waals surface area contributed by atoms with Gasteiger partial charge in [-0.05, 0) is 44.2 Å². The van der Waals surface area contributed by atoms with Gasteiger partial charge in [-0.1, -0.05) is 19.1 Å². The quantitative estimate of drug-likeness (QED) is 0.802. The monoisotopic (exact) mass is 255 g/mol.